The van der Waals surface area contributed by atoms with Gasteiger partial charge in [-0.25, -0.2) is 0 Å². The number of rotatable bonds is 1. The predicted molar refractivity (Wildman–Crippen MR) is 38.5 cm³/mol. The fraction of sp³-hybridized carbons (Fsp3) is 0.286. The van der Waals surface area contributed by atoms with E-state index in [-0.39, 0.29) is 0 Å². The monoisotopic (exact) mass is 139 g/mol. The first-order valence-electron chi connectivity index (χ1n) is 3.04. The second-order valence-electron chi connectivity index (χ2n) is 1.95. The van der Waals surface area contributed by atoms with Crippen molar-refractivity contribution in [3.8, 4) is 0 Å². The van der Waals surface area contributed by atoms with Crippen LogP contribution in [-0.2, 0) is 4.74 Å². The maximum absolute atomic E-state index is 9.01. The Morgan fingerprint density at radius 1 is 1.70 bits per heavy atom. The molecule has 3 nitrogen and oxygen atoms in total. The highest BCUT2D eigenvalue weighted by atomic mass is 16.5. The third kappa shape index (κ3) is 1.70. The van der Waals surface area contributed by atoms with E-state index in [0.717, 1.165) is 0 Å². The summed E-state index contributed by atoms with van der Waals surface area (Å²) < 4.78 is 4.97. The van der Waals surface area contributed by atoms with Gasteiger partial charge >= 0.3 is 0 Å². The van der Waals surface area contributed by atoms with E-state index in [1.165, 1.54) is 12.5 Å². The highest BCUT2D eigenvalue weighted by Gasteiger charge is 2.03. The van der Waals surface area contributed by atoms with E-state index in [0.29, 0.717) is 5.76 Å². The molecule has 0 amide bonds. The van der Waals surface area contributed by atoms with Gasteiger partial charge in [0.05, 0.1) is 6.20 Å². The maximum atomic E-state index is 9.01. The van der Waals surface area contributed by atoms with Crippen LogP contribution in [0.3, 0.4) is 0 Å². The van der Waals surface area contributed by atoms with Gasteiger partial charge in [-0.1, -0.05) is 0 Å². The normalized spacial score (nSPS) is 19.2. The quantitative estimate of drug-likeness (QED) is 0.584. The first kappa shape index (κ1) is 7.02. The molecule has 0 aromatic rings. The number of aliphatic hydroxyl groups excluding tert-OH is 1. The Bertz CT molecular complexity index is 192. The summed E-state index contributed by atoms with van der Waals surface area (Å²) in [5, 5.41) is 9.01. The lowest BCUT2D eigenvalue weighted by molar-refractivity contribution is 0.160. The van der Waals surface area contributed by atoms with Gasteiger partial charge in [-0.05, 0) is 13.0 Å². The number of ether oxygens (including phenoxy) is 1. The summed E-state index contributed by atoms with van der Waals surface area (Å²) in [6.45, 7) is 1.64. The molecule has 1 heterocycles. The number of nitrogens with zero attached hydrogens (tertiary/aromatic N) is 1. The van der Waals surface area contributed by atoms with Crippen molar-refractivity contribution >= 4 is 6.21 Å². The van der Waals surface area contributed by atoms with Gasteiger partial charge in [0.15, 0.2) is 0 Å². The molecule has 1 unspecified atom stereocenters. The average molecular weight is 139 g/mol. The molecule has 0 aromatic heterocycles. The van der Waals surface area contributed by atoms with E-state index in [9.17, 15) is 0 Å². The van der Waals surface area contributed by atoms with Crippen LogP contribution < -0.4 is 0 Å². The summed E-state index contributed by atoms with van der Waals surface area (Å²) >= 11 is 0. The molecule has 1 aliphatic heterocycles. The zero-order valence-electron chi connectivity index (χ0n) is 5.69. The standard InChI is InChI=1S/C7H9NO2/c1-6(9)7-2-3-8-4-5-10-7/h2-6,9H,1H3. The number of hydrogen-bond donors (Lipinski definition) is 1. The van der Waals surface area contributed by atoms with E-state index < -0.39 is 6.10 Å². The molecule has 0 spiro atoms. The van der Waals surface area contributed by atoms with Gasteiger partial charge in [-0.3, -0.25) is 4.99 Å². The lowest BCUT2D eigenvalue weighted by atomic mass is 10.3. The van der Waals surface area contributed by atoms with Crippen LogP contribution in [0, 0.1) is 0 Å². The molecule has 0 aliphatic carbocycles. The number of allylic oxidation sites excluding steroid dienone is 1. The molecule has 54 valence electrons. The molecule has 0 bridgehead atoms. The Balaban J connectivity index is 2.68. The Morgan fingerprint density at radius 3 is 3.20 bits per heavy atom. The smallest absolute Gasteiger partial charge is 0.133 e. The van der Waals surface area contributed by atoms with Crippen LogP contribution in [0.15, 0.2) is 29.3 Å². The summed E-state index contributed by atoms with van der Waals surface area (Å²) in [6.07, 6.45) is 5.58. The molecule has 10 heavy (non-hydrogen) atoms. The molecule has 0 saturated carbocycles. The van der Waals surface area contributed by atoms with Crippen LogP contribution in [0.25, 0.3) is 0 Å². The van der Waals surface area contributed by atoms with Crippen molar-refractivity contribution in [2.24, 2.45) is 4.99 Å². The van der Waals surface area contributed by atoms with Gasteiger partial charge in [0.25, 0.3) is 0 Å². The van der Waals surface area contributed by atoms with Crippen molar-refractivity contribution in [1.82, 2.24) is 0 Å². The van der Waals surface area contributed by atoms with Crippen LogP contribution in [0.5, 0.6) is 0 Å². The SMILES string of the molecule is CC(O)C1=CC=NC=CO1. The van der Waals surface area contributed by atoms with E-state index in [1.54, 1.807) is 19.2 Å². The summed E-state index contributed by atoms with van der Waals surface area (Å²) in [4.78, 5) is 3.79. The summed E-state index contributed by atoms with van der Waals surface area (Å²) in [6, 6.07) is 0. The number of aliphatic hydroxyl groups is 1. The third-order valence-electron chi connectivity index (χ3n) is 1.09. The molecule has 1 atom stereocenters. The van der Waals surface area contributed by atoms with E-state index in [4.69, 9.17) is 9.84 Å². The third-order valence-corrected chi connectivity index (χ3v) is 1.09. The Hall–Kier alpha value is -1.09. The van der Waals surface area contributed by atoms with Crippen LogP contribution in [0.4, 0.5) is 0 Å². The van der Waals surface area contributed by atoms with Gasteiger partial charge in [-0.2, -0.15) is 0 Å². The average Bonchev–Trinajstić information content (AvgIpc) is 2.12. The topological polar surface area (TPSA) is 41.8 Å². The van der Waals surface area contributed by atoms with Crippen molar-refractivity contribution in [1.29, 1.82) is 0 Å². The van der Waals surface area contributed by atoms with Crippen molar-refractivity contribution in [2.45, 2.75) is 13.0 Å². The lowest BCUT2D eigenvalue weighted by Crippen LogP contribution is -2.05. The second kappa shape index (κ2) is 3.17. The van der Waals surface area contributed by atoms with Gasteiger partial charge < -0.3 is 9.84 Å². The van der Waals surface area contributed by atoms with Gasteiger partial charge in [0.2, 0.25) is 0 Å². The molecule has 0 aromatic carbocycles. The lowest BCUT2D eigenvalue weighted by Gasteiger charge is -2.05. The van der Waals surface area contributed by atoms with Gasteiger partial charge in [0, 0.05) is 6.21 Å². The Morgan fingerprint density at radius 2 is 2.50 bits per heavy atom. The molecular formula is C7H9NO2. The molecule has 0 fully saturated rings. The summed E-state index contributed by atoms with van der Waals surface area (Å²) in [7, 11) is 0. The minimum Gasteiger partial charge on any atom is -0.465 e. The van der Waals surface area contributed by atoms with Gasteiger partial charge in [0.1, 0.15) is 18.1 Å². The maximum Gasteiger partial charge on any atom is 0.133 e. The van der Waals surface area contributed by atoms with Crippen molar-refractivity contribution < 1.29 is 9.84 Å². The summed E-state index contributed by atoms with van der Waals surface area (Å²) in [5.41, 5.74) is 0. The molecule has 1 rings (SSSR count). The van der Waals surface area contributed by atoms with E-state index in [2.05, 4.69) is 4.99 Å². The molecule has 1 aliphatic rings. The Kier molecular flexibility index (Phi) is 2.23. The zero-order valence-corrected chi connectivity index (χ0v) is 5.69. The number of aliphatic imine (C=N–C) groups is 1. The van der Waals surface area contributed by atoms with E-state index in [1.807, 2.05) is 0 Å². The predicted octanol–water partition coefficient (Wildman–Crippen LogP) is 0.823. The summed E-state index contributed by atoms with van der Waals surface area (Å²) in [5.74, 6) is 0.512. The van der Waals surface area contributed by atoms with Crippen molar-refractivity contribution in [3.63, 3.8) is 0 Å². The minimum absolute atomic E-state index is 0.512. The van der Waals surface area contributed by atoms with Crippen LogP contribution >= 0.6 is 0 Å². The van der Waals surface area contributed by atoms with E-state index >= 15 is 0 Å². The minimum atomic E-state index is -0.575. The fourth-order valence-electron chi connectivity index (χ4n) is 0.587. The molecule has 1 N–H and O–H groups in total. The largest absolute Gasteiger partial charge is 0.465 e. The molecule has 3 heteroatoms. The zero-order chi connectivity index (χ0) is 7.40. The highest BCUT2D eigenvalue weighted by Crippen LogP contribution is 2.05. The van der Waals surface area contributed by atoms with Crippen LogP contribution in [0.1, 0.15) is 6.92 Å². The van der Waals surface area contributed by atoms with Crippen molar-refractivity contribution in [3.05, 3.63) is 24.3 Å². The molecular weight excluding hydrogens is 130 g/mol. The fourth-order valence-corrected chi connectivity index (χ4v) is 0.587. The van der Waals surface area contributed by atoms with Crippen LogP contribution in [0.2, 0.25) is 0 Å². The van der Waals surface area contributed by atoms with Crippen molar-refractivity contribution in [2.75, 3.05) is 0 Å². The first-order chi connectivity index (χ1) is 4.80. The molecule has 0 saturated heterocycles. The highest BCUT2D eigenvalue weighted by molar-refractivity contribution is 5.72. The van der Waals surface area contributed by atoms with Crippen LogP contribution in [-0.4, -0.2) is 17.4 Å². The first-order valence-corrected chi connectivity index (χ1v) is 3.04. The Labute approximate surface area is 59.3 Å². The van der Waals surface area contributed by atoms with Gasteiger partial charge in [-0.15, -0.1) is 0 Å². The molecule has 0 radical (unpaired) electrons. The number of hydrogen-bond acceptors (Lipinski definition) is 3. The second-order valence-corrected chi connectivity index (χ2v) is 1.95.